The van der Waals surface area contributed by atoms with E-state index in [1.807, 2.05) is 72.8 Å². The van der Waals surface area contributed by atoms with Crippen LogP contribution in [0.5, 0.6) is 0 Å². The lowest BCUT2D eigenvalue weighted by atomic mass is 10.1. The zero-order valence-corrected chi connectivity index (χ0v) is 17.9. The molecule has 1 aliphatic rings. The maximum absolute atomic E-state index is 12.1. The van der Waals surface area contributed by atoms with Crippen LogP contribution in [0.25, 0.3) is 28.3 Å². The van der Waals surface area contributed by atoms with Crippen LogP contribution in [0, 0.1) is 13.8 Å². The molecule has 0 bridgehead atoms. The maximum atomic E-state index is 12.1. The van der Waals surface area contributed by atoms with E-state index in [-0.39, 0.29) is 5.24 Å². The van der Waals surface area contributed by atoms with E-state index in [9.17, 15) is 4.79 Å². The molecule has 3 aromatic carbocycles. The molecule has 1 N–H and O–H groups in total. The standard InChI is InChI=1S/C25H19N3O2S/c1-15-8-10-19(12-16(15)2)26-24-22(31-25(29)27-24)14-17-9-11-21-20(13-17)23(30-28-21)18-6-4-3-5-7-18/h3-14H,1-2H3,(H,26,27,29). The SMILES string of the molecule is Cc1ccc(N=C2NC(=O)SC2=Cc2ccc3noc(-c4ccccc4)c3c2)cc1C. The number of carbonyl (C=O) groups is 1. The van der Waals surface area contributed by atoms with E-state index in [2.05, 4.69) is 29.3 Å². The number of hydrogen-bond donors (Lipinski definition) is 1. The van der Waals surface area contributed by atoms with Crippen LogP contribution < -0.4 is 5.32 Å². The smallest absolute Gasteiger partial charge is 0.289 e. The van der Waals surface area contributed by atoms with Gasteiger partial charge in [-0.15, -0.1) is 0 Å². The van der Waals surface area contributed by atoms with Crippen LogP contribution in [-0.4, -0.2) is 16.2 Å². The highest BCUT2D eigenvalue weighted by molar-refractivity contribution is 8.18. The van der Waals surface area contributed by atoms with E-state index in [1.165, 1.54) is 5.56 Å². The van der Waals surface area contributed by atoms with Crippen molar-refractivity contribution in [1.29, 1.82) is 0 Å². The second-order valence-corrected chi connectivity index (χ2v) is 8.42. The van der Waals surface area contributed by atoms with Crippen molar-refractivity contribution in [2.24, 2.45) is 4.99 Å². The Morgan fingerprint density at radius 3 is 2.65 bits per heavy atom. The van der Waals surface area contributed by atoms with Crippen LogP contribution in [0.1, 0.15) is 16.7 Å². The van der Waals surface area contributed by atoms with Crippen LogP contribution in [-0.2, 0) is 0 Å². The average molecular weight is 426 g/mol. The fourth-order valence-corrected chi connectivity index (χ4v) is 4.17. The van der Waals surface area contributed by atoms with Crippen molar-refractivity contribution in [3.05, 3.63) is 88.3 Å². The van der Waals surface area contributed by atoms with Crippen LogP contribution in [0.3, 0.4) is 0 Å². The number of carbonyl (C=O) groups excluding carboxylic acids is 1. The number of benzene rings is 3. The molecule has 1 aromatic heterocycles. The fourth-order valence-electron chi connectivity index (χ4n) is 3.44. The molecular weight excluding hydrogens is 406 g/mol. The van der Waals surface area contributed by atoms with Crippen LogP contribution in [0.4, 0.5) is 10.5 Å². The summed E-state index contributed by atoms with van der Waals surface area (Å²) in [6.45, 7) is 4.12. The van der Waals surface area contributed by atoms with E-state index in [0.717, 1.165) is 55.7 Å². The molecule has 1 aliphatic heterocycles. The minimum atomic E-state index is -0.134. The normalized spacial score (nSPS) is 16.4. The molecule has 1 amide bonds. The van der Waals surface area contributed by atoms with Crippen molar-refractivity contribution in [2.75, 3.05) is 0 Å². The van der Waals surface area contributed by atoms with Gasteiger partial charge in [-0.2, -0.15) is 0 Å². The Kier molecular flexibility index (Phi) is 4.92. The molecule has 31 heavy (non-hydrogen) atoms. The summed E-state index contributed by atoms with van der Waals surface area (Å²) in [4.78, 5) is 17.5. The average Bonchev–Trinajstić information content (AvgIpc) is 3.34. The number of amides is 1. The van der Waals surface area contributed by atoms with Gasteiger partial charge in [0.2, 0.25) is 0 Å². The topological polar surface area (TPSA) is 67.5 Å². The molecule has 0 atom stereocenters. The predicted octanol–water partition coefficient (Wildman–Crippen LogP) is 6.64. The first-order valence-corrected chi connectivity index (χ1v) is 10.7. The number of nitrogens with zero attached hydrogens (tertiary/aromatic N) is 2. The third kappa shape index (κ3) is 3.90. The van der Waals surface area contributed by atoms with Crippen LogP contribution in [0.15, 0.2) is 81.2 Å². The van der Waals surface area contributed by atoms with Crippen LogP contribution in [0.2, 0.25) is 0 Å². The quantitative estimate of drug-likeness (QED) is 0.399. The van der Waals surface area contributed by atoms with Gasteiger partial charge in [0.25, 0.3) is 5.24 Å². The van der Waals surface area contributed by atoms with Crippen molar-refractivity contribution in [2.45, 2.75) is 13.8 Å². The van der Waals surface area contributed by atoms with Gasteiger partial charge in [-0.25, -0.2) is 4.99 Å². The lowest BCUT2D eigenvalue weighted by Gasteiger charge is -2.03. The van der Waals surface area contributed by atoms with E-state index in [4.69, 9.17) is 4.52 Å². The summed E-state index contributed by atoms with van der Waals surface area (Å²) in [5.41, 5.74) is 5.89. The number of fused-ring (bicyclic) bond motifs is 1. The van der Waals surface area contributed by atoms with Crippen molar-refractivity contribution >= 4 is 45.5 Å². The molecule has 2 heterocycles. The zero-order valence-electron chi connectivity index (χ0n) is 17.0. The Morgan fingerprint density at radius 1 is 1.00 bits per heavy atom. The largest absolute Gasteiger partial charge is 0.355 e. The van der Waals surface area contributed by atoms with Crippen molar-refractivity contribution < 1.29 is 9.32 Å². The number of nitrogens with one attached hydrogen (secondary N) is 1. The highest BCUT2D eigenvalue weighted by Crippen LogP contribution is 2.32. The number of rotatable bonds is 3. The van der Waals surface area contributed by atoms with Gasteiger partial charge in [0.05, 0.1) is 16.0 Å². The molecule has 0 aliphatic carbocycles. The second kappa shape index (κ2) is 7.89. The van der Waals surface area contributed by atoms with E-state index in [0.29, 0.717) is 5.84 Å². The number of thioether (sulfide) groups is 1. The minimum Gasteiger partial charge on any atom is -0.355 e. The molecule has 152 valence electrons. The first kappa shape index (κ1) is 19.3. The van der Waals surface area contributed by atoms with Crippen molar-refractivity contribution in [1.82, 2.24) is 10.5 Å². The van der Waals surface area contributed by atoms with E-state index >= 15 is 0 Å². The molecule has 0 spiro atoms. The summed E-state index contributed by atoms with van der Waals surface area (Å²) in [6, 6.07) is 21.8. The molecular formula is C25H19N3O2S. The van der Waals surface area contributed by atoms with Gasteiger partial charge in [0, 0.05) is 5.56 Å². The van der Waals surface area contributed by atoms with Gasteiger partial charge < -0.3 is 9.84 Å². The fraction of sp³-hybridized carbons (Fsp3) is 0.0800. The maximum Gasteiger partial charge on any atom is 0.289 e. The summed E-state index contributed by atoms with van der Waals surface area (Å²) in [5, 5.41) is 7.82. The van der Waals surface area contributed by atoms with Crippen molar-refractivity contribution in [3.8, 4) is 11.3 Å². The minimum absolute atomic E-state index is 0.134. The molecule has 4 aromatic rings. The highest BCUT2D eigenvalue weighted by atomic mass is 32.2. The number of aliphatic imine (C=N–C) groups is 1. The number of amidine groups is 1. The lowest BCUT2D eigenvalue weighted by Crippen LogP contribution is -2.18. The Hall–Kier alpha value is -3.64. The molecule has 0 radical (unpaired) electrons. The molecule has 5 nitrogen and oxygen atoms in total. The van der Waals surface area contributed by atoms with E-state index < -0.39 is 0 Å². The molecule has 0 saturated carbocycles. The molecule has 1 saturated heterocycles. The summed E-state index contributed by atoms with van der Waals surface area (Å²) >= 11 is 1.14. The molecule has 1 fully saturated rings. The molecule has 6 heteroatoms. The molecule has 0 unspecified atom stereocenters. The summed E-state index contributed by atoms with van der Waals surface area (Å²) in [5.74, 6) is 1.29. The van der Waals surface area contributed by atoms with Crippen molar-refractivity contribution in [3.63, 3.8) is 0 Å². The number of aryl methyl sites for hydroxylation is 2. The van der Waals surface area contributed by atoms with Crippen LogP contribution >= 0.6 is 11.8 Å². The Morgan fingerprint density at radius 2 is 1.84 bits per heavy atom. The highest BCUT2D eigenvalue weighted by Gasteiger charge is 2.24. The molecule has 5 rings (SSSR count). The van der Waals surface area contributed by atoms with Gasteiger partial charge in [-0.05, 0) is 72.6 Å². The first-order chi connectivity index (χ1) is 15.1. The first-order valence-electron chi connectivity index (χ1n) is 9.88. The number of aromatic nitrogens is 1. The van der Waals surface area contributed by atoms with Gasteiger partial charge in [-0.1, -0.05) is 47.6 Å². The third-order valence-corrected chi connectivity index (χ3v) is 6.04. The summed E-state index contributed by atoms with van der Waals surface area (Å²) < 4.78 is 5.60. The Balaban J connectivity index is 1.54. The van der Waals surface area contributed by atoms with Gasteiger partial charge in [0.15, 0.2) is 5.76 Å². The summed E-state index contributed by atoms with van der Waals surface area (Å²) in [7, 11) is 0. The summed E-state index contributed by atoms with van der Waals surface area (Å²) in [6.07, 6.45) is 1.96. The third-order valence-electron chi connectivity index (χ3n) is 5.22. The lowest BCUT2D eigenvalue weighted by molar-refractivity contribution is 0.265. The van der Waals surface area contributed by atoms with Gasteiger partial charge in [0.1, 0.15) is 11.4 Å². The Labute approximate surface area is 183 Å². The zero-order chi connectivity index (χ0) is 21.4. The monoisotopic (exact) mass is 425 g/mol. The Bertz CT molecular complexity index is 1370. The predicted molar refractivity (Wildman–Crippen MR) is 127 cm³/mol. The van der Waals surface area contributed by atoms with Gasteiger partial charge >= 0.3 is 0 Å². The van der Waals surface area contributed by atoms with E-state index in [1.54, 1.807) is 0 Å². The number of hydrogen-bond acceptors (Lipinski definition) is 5. The second-order valence-electron chi connectivity index (χ2n) is 7.41. The van der Waals surface area contributed by atoms with Gasteiger partial charge in [-0.3, -0.25) is 4.79 Å².